The Hall–Kier alpha value is -1.20. The molecule has 4 nitrogen and oxygen atoms in total. The highest BCUT2D eigenvalue weighted by Crippen LogP contribution is 2.26. The number of H-pyrrole nitrogens is 1. The first-order valence-electron chi connectivity index (χ1n) is 7.82. The summed E-state index contributed by atoms with van der Waals surface area (Å²) in [6, 6.07) is 0.261. The smallest absolute Gasteiger partial charge is 0.260 e. The summed E-state index contributed by atoms with van der Waals surface area (Å²) in [6.45, 7) is 10.9. The summed E-state index contributed by atoms with van der Waals surface area (Å²) in [7, 11) is 0. The van der Waals surface area contributed by atoms with E-state index in [1.807, 2.05) is 6.92 Å². The van der Waals surface area contributed by atoms with E-state index in [1.165, 1.54) is 30.8 Å². The van der Waals surface area contributed by atoms with E-state index in [-0.39, 0.29) is 11.6 Å². The standard InChI is InChI=1S/C16H23N3OS/c1-9-5-7-19(8-6-9)11(3)14-17-15(20)13-10(2)12(4)21-16(13)18-14/h9,11H,5-8H2,1-4H3,(H,17,18,20)/p+1/t11-/m0/s1. The molecule has 21 heavy (non-hydrogen) atoms. The lowest BCUT2D eigenvalue weighted by molar-refractivity contribution is -0.936. The number of hydrogen-bond acceptors (Lipinski definition) is 3. The largest absolute Gasteiger partial charge is 0.326 e. The molecule has 2 aromatic heterocycles. The molecule has 1 fully saturated rings. The van der Waals surface area contributed by atoms with Crippen LogP contribution in [0.2, 0.25) is 0 Å². The van der Waals surface area contributed by atoms with Crippen molar-refractivity contribution >= 4 is 21.6 Å². The lowest BCUT2D eigenvalue weighted by atomic mass is 9.98. The van der Waals surface area contributed by atoms with Crippen molar-refractivity contribution in [3.63, 3.8) is 0 Å². The number of likely N-dealkylation sites (tertiary alicyclic amines) is 1. The van der Waals surface area contributed by atoms with Crippen molar-refractivity contribution in [3.05, 3.63) is 26.6 Å². The second-order valence-corrected chi connectivity index (χ2v) is 7.68. The molecule has 0 aromatic carbocycles. The van der Waals surface area contributed by atoms with Crippen molar-refractivity contribution in [1.29, 1.82) is 0 Å². The van der Waals surface area contributed by atoms with Crippen LogP contribution in [0.15, 0.2) is 4.79 Å². The van der Waals surface area contributed by atoms with Crippen LogP contribution in [0, 0.1) is 19.8 Å². The third-order valence-electron chi connectivity index (χ3n) is 5.00. The number of fused-ring (bicyclic) bond motifs is 1. The Labute approximate surface area is 129 Å². The topological polar surface area (TPSA) is 50.2 Å². The van der Waals surface area contributed by atoms with Gasteiger partial charge in [-0.2, -0.15) is 0 Å². The number of piperidine rings is 1. The van der Waals surface area contributed by atoms with Crippen LogP contribution < -0.4 is 10.5 Å². The summed E-state index contributed by atoms with van der Waals surface area (Å²) in [4.78, 5) is 23.8. The van der Waals surface area contributed by atoms with Gasteiger partial charge in [0.2, 0.25) is 0 Å². The third kappa shape index (κ3) is 2.64. The quantitative estimate of drug-likeness (QED) is 0.891. The van der Waals surface area contributed by atoms with Crippen LogP contribution in [0.5, 0.6) is 0 Å². The number of hydrogen-bond donors (Lipinski definition) is 2. The van der Waals surface area contributed by atoms with E-state index in [0.29, 0.717) is 0 Å². The molecule has 0 amide bonds. The molecule has 1 atom stereocenters. The zero-order valence-electron chi connectivity index (χ0n) is 13.2. The molecule has 0 spiro atoms. The maximum absolute atomic E-state index is 12.4. The molecule has 0 bridgehead atoms. The number of rotatable bonds is 2. The Morgan fingerprint density at radius 2 is 2.00 bits per heavy atom. The van der Waals surface area contributed by atoms with Gasteiger partial charge in [0.05, 0.1) is 18.5 Å². The monoisotopic (exact) mass is 306 g/mol. The van der Waals surface area contributed by atoms with Gasteiger partial charge in [0.25, 0.3) is 5.56 Å². The molecule has 1 aliphatic heterocycles. The third-order valence-corrected chi connectivity index (χ3v) is 6.10. The summed E-state index contributed by atoms with van der Waals surface area (Å²) in [5.41, 5.74) is 1.09. The molecule has 5 heteroatoms. The van der Waals surface area contributed by atoms with E-state index >= 15 is 0 Å². The van der Waals surface area contributed by atoms with Crippen LogP contribution in [-0.2, 0) is 0 Å². The first kappa shape index (κ1) is 14.7. The van der Waals surface area contributed by atoms with E-state index < -0.39 is 0 Å². The van der Waals surface area contributed by atoms with Gasteiger partial charge in [-0.25, -0.2) is 4.98 Å². The summed E-state index contributed by atoms with van der Waals surface area (Å²) in [5, 5.41) is 0.774. The highest BCUT2D eigenvalue weighted by Gasteiger charge is 2.27. The van der Waals surface area contributed by atoms with Gasteiger partial charge in [0.1, 0.15) is 10.9 Å². The maximum atomic E-state index is 12.4. The molecule has 0 radical (unpaired) electrons. The fourth-order valence-corrected chi connectivity index (χ4v) is 4.27. The Morgan fingerprint density at radius 3 is 2.67 bits per heavy atom. The van der Waals surface area contributed by atoms with Crippen molar-refractivity contribution in [2.75, 3.05) is 13.1 Å². The van der Waals surface area contributed by atoms with Gasteiger partial charge in [-0.15, -0.1) is 11.3 Å². The van der Waals surface area contributed by atoms with Gasteiger partial charge in [-0.05, 0) is 45.1 Å². The number of aromatic nitrogens is 2. The average Bonchev–Trinajstić information content (AvgIpc) is 2.74. The summed E-state index contributed by atoms with van der Waals surface area (Å²) in [6.07, 6.45) is 2.53. The number of nitrogens with zero attached hydrogens (tertiary/aromatic N) is 1. The molecular weight excluding hydrogens is 282 g/mol. The minimum atomic E-state index is 0.0217. The van der Waals surface area contributed by atoms with E-state index in [0.717, 1.165) is 27.5 Å². The highest BCUT2D eigenvalue weighted by atomic mass is 32.1. The van der Waals surface area contributed by atoms with E-state index in [2.05, 4.69) is 25.8 Å². The van der Waals surface area contributed by atoms with Crippen LogP contribution in [0.4, 0.5) is 0 Å². The maximum Gasteiger partial charge on any atom is 0.260 e. The first-order chi connectivity index (χ1) is 9.97. The number of aromatic amines is 1. The Bertz CT molecular complexity index is 710. The second-order valence-electron chi connectivity index (χ2n) is 6.48. The lowest BCUT2D eigenvalue weighted by Crippen LogP contribution is -3.13. The lowest BCUT2D eigenvalue weighted by Gasteiger charge is -2.31. The van der Waals surface area contributed by atoms with Gasteiger partial charge >= 0.3 is 0 Å². The number of thiophene rings is 1. The number of quaternary nitrogens is 1. The van der Waals surface area contributed by atoms with Crippen LogP contribution in [0.3, 0.4) is 0 Å². The van der Waals surface area contributed by atoms with Crippen molar-refractivity contribution < 1.29 is 4.90 Å². The van der Waals surface area contributed by atoms with Gasteiger partial charge in [-0.1, -0.05) is 6.92 Å². The van der Waals surface area contributed by atoms with Crippen LogP contribution >= 0.6 is 11.3 Å². The highest BCUT2D eigenvalue weighted by molar-refractivity contribution is 7.18. The second kappa shape index (κ2) is 5.54. The summed E-state index contributed by atoms with van der Waals surface area (Å²) < 4.78 is 0. The Kier molecular flexibility index (Phi) is 3.88. The zero-order valence-corrected chi connectivity index (χ0v) is 14.1. The Balaban J connectivity index is 1.95. The SMILES string of the molecule is Cc1sc2nc([C@H](C)[NH+]3CCC(C)CC3)[nH]c(=O)c2c1C. The van der Waals surface area contributed by atoms with Crippen LogP contribution in [-0.4, -0.2) is 23.1 Å². The van der Waals surface area contributed by atoms with Gasteiger partial charge in [0, 0.05) is 4.88 Å². The van der Waals surface area contributed by atoms with E-state index in [1.54, 1.807) is 16.2 Å². The predicted molar refractivity (Wildman–Crippen MR) is 87.2 cm³/mol. The average molecular weight is 306 g/mol. The molecule has 1 saturated heterocycles. The molecular formula is C16H24N3OS+. The van der Waals surface area contributed by atoms with Gasteiger partial charge < -0.3 is 9.88 Å². The fraction of sp³-hybridized carbons (Fsp3) is 0.625. The Morgan fingerprint density at radius 1 is 1.33 bits per heavy atom. The minimum absolute atomic E-state index is 0.0217. The minimum Gasteiger partial charge on any atom is -0.326 e. The van der Waals surface area contributed by atoms with Gasteiger partial charge in [0.15, 0.2) is 5.82 Å². The van der Waals surface area contributed by atoms with Gasteiger partial charge in [-0.3, -0.25) is 4.79 Å². The zero-order chi connectivity index (χ0) is 15.1. The van der Waals surface area contributed by atoms with Crippen molar-refractivity contribution in [2.45, 2.75) is 46.6 Å². The van der Waals surface area contributed by atoms with Crippen molar-refractivity contribution in [1.82, 2.24) is 9.97 Å². The molecule has 3 rings (SSSR count). The first-order valence-corrected chi connectivity index (χ1v) is 8.63. The molecule has 0 unspecified atom stereocenters. The molecule has 2 aromatic rings. The van der Waals surface area contributed by atoms with Crippen LogP contribution in [0.25, 0.3) is 10.2 Å². The number of nitrogens with one attached hydrogen (secondary N) is 2. The normalized spacial score (nSPS) is 24.4. The summed E-state index contributed by atoms with van der Waals surface area (Å²) >= 11 is 1.63. The predicted octanol–water partition coefficient (Wildman–Crippen LogP) is 1.98. The van der Waals surface area contributed by atoms with E-state index in [9.17, 15) is 4.79 Å². The fourth-order valence-electron chi connectivity index (χ4n) is 3.24. The van der Waals surface area contributed by atoms with Crippen molar-refractivity contribution in [3.8, 4) is 0 Å². The van der Waals surface area contributed by atoms with Crippen LogP contribution in [0.1, 0.15) is 49.0 Å². The molecule has 1 aliphatic rings. The molecule has 0 saturated carbocycles. The molecule has 0 aliphatic carbocycles. The summed E-state index contributed by atoms with van der Waals surface area (Å²) in [5.74, 6) is 1.68. The molecule has 3 heterocycles. The van der Waals surface area contributed by atoms with E-state index in [4.69, 9.17) is 4.98 Å². The molecule has 2 N–H and O–H groups in total. The van der Waals surface area contributed by atoms with Crippen molar-refractivity contribution in [2.24, 2.45) is 5.92 Å². The molecule has 114 valence electrons. The number of aryl methyl sites for hydroxylation is 2.